The number of ether oxygens (including phenoxy) is 2. The molecule has 140 valence electrons. The van der Waals surface area contributed by atoms with Crippen LogP contribution in [0.4, 0.5) is 9.80 Å². The number of carbonyl (C=O) groups is 2. The predicted molar refractivity (Wildman–Crippen MR) is 108 cm³/mol. The van der Waals surface area contributed by atoms with Gasteiger partial charge in [0.15, 0.2) is 0 Å². The third kappa shape index (κ3) is 4.86. The Morgan fingerprint density at radius 2 is 1.81 bits per heavy atom. The lowest BCUT2D eigenvalue weighted by Gasteiger charge is -2.19. The van der Waals surface area contributed by atoms with Gasteiger partial charge in [0.1, 0.15) is 16.2 Å². The monoisotopic (exact) mass is 439 g/mol. The Bertz CT molecular complexity index is 806. The molecule has 5 nitrogen and oxygen atoms in total. The van der Waals surface area contributed by atoms with Gasteiger partial charge in [-0.3, -0.25) is 5.32 Å². The zero-order chi connectivity index (χ0) is 19.5. The molecular formula is C19H22BrNO4S. The van der Waals surface area contributed by atoms with Crippen molar-refractivity contribution in [3.63, 3.8) is 0 Å². The molecular weight excluding hydrogens is 418 g/mol. The fourth-order valence-electron chi connectivity index (χ4n) is 2.43. The lowest BCUT2D eigenvalue weighted by molar-refractivity contribution is 0.0603. The molecule has 0 aliphatic rings. The first-order chi connectivity index (χ1) is 12.2. The van der Waals surface area contributed by atoms with Crippen LogP contribution in [0.3, 0.4) is 0 Å². The maximum atomic E-state index is 12.5. The van der Waals surface area contributed by atoms with Crippen molar-refractivity contribution in [2.24, 2.45) is 0 Å². The number of halogens is 1. The molecule has 0 aliphatic carbocycles. The number of thiophene rings is 1. The molecule has 7 heteroatoms. The summed E-state index contributed by atoms with van der Waals surface area (Å²) in [6.07, 6.45) is 0.115. The molecule has 2 aromatic rings. The summed E-state index contributed by atoms with van der Waals surface area (Å²) in [6, 6.07) is 7.67. The Kier molecular flexibility index (Phi) is 6.47. The lowest BCUT2D eigenvalue weighted by Crippen LogP contribution is -2.27. The topological polar surface area (TPSA) is 64.6 Å². The first-order valence-corrected chi connectivity index (χ1v) is 9.77. The van der Waals surface area contributed by atoms with Crippen LogP contribution in [-0.2, 0) is 15.9 Å². The average Bonchev–Trinajstić information content (AvgIpc) is 2.91. The number of benzene rings is 1. The second-order valence-corrected chi connectivity index (χ2v) is 8.60. The summed E-state index contributed by atoms with van der Waals surface area (Å²) in [5, 5.41) is 3.14. The van der Waals surface area contributed by atoms with E-state index >= 15 is 0 Å². The molecule has 2 rings (SSSR count). The number of nitrogens with one attached hydrogen (secondary N) is 1. The molecule has 1 aromatic heterocycles. The van der Waals surface area contributed by atoms with E-state index in [9.17, 15) is 9.59 Å². The van der Waals surface area contributed by atoms with E-state index in [4.69, 9.17) is 9.47 Å². The summed E-state index contributed by atoms with van der Waals surface area (Å²) in [4.78, 5) is 25.7. The minimum Gasteiger partial charge on any atom is -0.465 e. The van der Waals surface area contributed by atoms with Crippen LogP contribution >= 0.6 is 27.3 Å². The van der Waals surface area contributed by atoms with Crippen molar-refractivity contribution < 1.29 is 19.1 Å². The van der Waals surface area contributed by atoms with Gasteiger partial charge in [0, 0.05) is 14.9 Å². The van der Waals surface area contributed by atoms with Gasteiger partial charge in [-0.2, -0.15) is 0 Å². The number of rotatable bonds is 4. The van der Waals surface area contributed by atoms with Gasteiger partial charge in [0.25, 0.3) is 0 Å². The van der Waals surface area contributed by atoms with Crippen LogP contribution in [0.5, 0.6) is 0 Å². The standard InChI is InChI=1S/C19H22BrNO4S/c1-6-13-14(11-7-9-12(20)10-8-11)15(17(22)24-5)16(26-13)21-18(23)25-19(2,3)4/h7-10H,6H2,1-5H3,(H,21,23). The third-order valence-electron chi connectivity index (χ3n) is 3.44. The van der Waals surface area contributed by atoms with Gasteiger partial charge in [-0.25, -0.2) is 9.59 Å². The quantitative estimate of drug-likeness (QED) is 0.604. The van der Waals surface area contributed by atoms with Gasteiger partial charge in [0.2, 0.25) is 0 Å². The van der Waals surface area contributed by atoms with Crippen molar-refractivity contribution in [1.29, 1.82) is 0 Å². The maximum Gasteiger partial charge on any atom is 0.412 e. The van der Waals surface area contributed by atoms with E-state index in [2.05, 4.69) is 21.2 Å². The average molecular weight is 440 g/mol. The molecule has 0 aliphatic heterocycles. The molecule has 0 fully saturated rings. The van der Waals surface area contributed by atoms with Crippen LogP contribution in [0.1, 0.15) is 42.9 Å². The number of hydrogen-bond acceptors (Lipinski definition) is 5. The van der Waals surface area contributed by atoms with Crippen molar-refractivity contribution in [3.05, 3.63) is 39.2 Å². The summed E-state index contributed by atoms with van der Waals surface area (Å²) in [7, 11) is 1.33. The summed E-state index contributed by atoms with van der Waals surface area (Å²) >= 11 is 4.78. The van der Waals surface area contributed by atoms with Gasteiger partial charge >= 0.3 is 12.1 Å². The van der Waals surface area contributed by atoms with Gasteiger partial charge in [0.05, 0.1) is 7.11 Å². The summed E-state index contributed by atoms with van der Waals surface area (Å²) in [6.45, 7) is 7.36. The van der Waals surface area contributed by atoms with Crippen LogP contribution in [0.25, 0.3) is 11.1 Å². The van der Waals surface area contributed by atoms with Gasteiger partial charge < -0.3 is 9.47 Å². The van der Waals surface area contributed by atoms with E-state index in [1.807, 2.05) is 31.2 Å². The molecule has 1 amide bonds. The zero-order valence-electron chi connectivity index (χ0n) is 15.4. The highest BCUT2D eigenvalue weighted by Crippen LogP contribution is 2.41. The van der Waals surface area contributed by atoms with Crippen molar-refractivity contribution in [2.75, 3.05) is 12.4 Å². The number of anilines is 1. The Morgan fingerprint density at radius 1 is 1.19 bits per heavy atom. The molecule has 0 unspecified atom stereocenters. The second-order valence-electron chi connectivity index (χ2n) is 6.58. The Balaban J connectivity index is 2.54. The van der Waals surface area contributed by atoms with Crippen LogP contribution in [0.2, 0.25) is 0 Å². The highest BCUT2D eigenvalue weighted by atomic mass is 79.9. The highest BCUT2D eigenvalue weighted by molar-refractivity contribution is 9.10. The Labute approximate surface area is 165 Å². The Hall–Kier alpha value is -1.86. The predicted octanol–water partition coefficient (Wildman–Crippen LogP) is 5.87. The van der Waals surface area contributed by atoms with Crippen molar-refractivity contribution >= 4 is 44.3 Å². The number of methoxy groups -OCH3 is 1. The minimum atomic E-state index is -0.630. The van der Waals surface area contributed by atoms with Crippen LogP contribution in [-0.4, -0.2) is 24.8 Å². The van der Waals surface area contributed by atoms with E-state index in [-0.39, 0.29) is 0 Å². The molecule has 0 spiro atoms. The number of esters is 1. The summed E-state index contributed by atoms with van der Waals surface area (Å²) < 4.78 is 11.2. The van der Waals surface area contributed by atoms with E-state index in [1.54, 1.807) is 20.8 Å². The van der Waals surface area contributed by atoms with E-state index in [0.29, 0.717) is 10.6 Å². The lowest BCUT2D eigenvalue weighted by atomic mass is 10.0. The highest BCUT2D eigenvalue weighted by Gasteiger charge is 2.27. The maximum absolute atomic E-state index is 12.5. The zero-order valence-corrected chi connectivity index (χ0v) is 17.8. The first-order valence-electron chi connectivity index (χ1n) is 8.16. The molecule has 0 bridgehead atoms. The SMILES string of the molecule is CCc1sc(NC(=O)OC(C)(C)C)c(C(=O)OC)c1-c1ccc(Br)cc1. The van der Waals surface area contributed by atoms with Crippen molar-refractivity contribution in [2.45, 2.75) is 39.7 Å². The molecule has 1 heterocycles. The molecule has 0 atom stereocenters. The van der Waals surface area contributed by atoms with Gasteiger partial charge in [-0.05, 0) is 44.9 Å². The number of amides is 1. The fraction of sp³-hybridized carbons (Fsp3) is 0.368. The smallest absolute Gasteiger partial charge is 0.412 e. The van der Waals surface area contributed by atoms with Crippen LogP contribution < -0.4 is 5.32 Å². The van der Waals surface area contributed by atoms with E-state index in [0.717, 1.165) is 26.9 Å². The van der Waals surface area contributed by atoms with Crippen molar-refractivity contribution in [3.8, 4) is 11.1 Å². The minimum absolute atomic E-state index is 0.350. The van der Waals surface area contributed by atoms with E-state index < -0.39 is 17.7 Å². The van der Waals surface area contributed by atoms with Gasteiger partial charge in [-0.15, -0.1) is 11.3 Å². The molecule has 1 N–H and O–H groups in total. The number of aryl methyl sites for hydroxylation is 1. The molecule has 26 heavy (non-hydrogen) atoms. The first kappa shape index (κ1) is 20.5. The van der Waals surface area contributed by atoms with Crippen molar-refractivity contribution in [1.82, 2.24) is 0 Å². The van der Waals surface area contributed by atoms with Crippen LogP contribution in [0.15, 0.2) is 28.7 Å². The molecule has 1 aromatic carbocycles. The largest absolute Gasteiger partial charge is 0.465 e. The third-order valence-corrected chi connectivity index (χ3v) is 5.22. The molecule has 0 saturated carbocycles. The number of carbonyl (C=O) groups excluding carboxylic acids is 2. The van der Waals surface area contributed by atoms with Crippen LogP contribution in [0, 0.1) is 0 Å². The normalized spacial score (nSPS) is 11.2. The summed E-state index contributed by atoms with van der Waals surface area (Å²) in [5.74, 6) is -0.495. The van der Waals surface area contributed by atoms with Gasteiger partial charge in [-0.1, -0.05) is 35.0 Å². The summed E-state index contributed by atoms with van der Waals surface area (Å²) in [5.41, 5.74) is 1.39. The fourth-order valence-corrected chi connectivity index (χ4v) is 3.83. The Morgan fingerprint density at radius 3 is 2.31 bits per heavy atom. The number of hydrogen-bond donors (Lipinski definition) is 1. The second kappa shape index (κ2) is 8.22. The molecule has 0 saturated heterocycles. The molecule has 0 radical (unpaired) electrons. The van der Waals surface area contributed by atoms with E-state index in [1.165, 1.54) is 18.4 Å².